The van der Waals surface area contributed by atoms with Gasteiger partial charge in [0.05, 0.1) is 13.2 Å². The van der Waals surface area contributed by atoms with Crippen LogP contribution in [-0.2, 0) is 11.2 Å². The van der Waals surface area contributed by atoms with Crippen LogP contribution in [-0.4, -0.2) is 13.2 Å². The molecule has 0 atom stereocenters. The van der Waals surface area contributed by atoms with E-state index in [0.29, 0.717) is 6.61 Å². The maximum absolute atomic E-state index is 5.60. The topological polar surface area (TPSA) is 9.23 Å². The molecule has 0 saturated heterocycles. The average Bonchev–Trinajstić information content (AvgIpc) is 2.33. The van der Waals surface area contributed by atoms with Gasteiger partial charge in [0.25, 0.3) is 0 Å². The summed E-state index contributed by atoms with van der Waals surface area (Å²) < 4.78 is 5.60. The van der Waals surface area contributed by atoms with Gasteiger partial charge in [0.15, 0.2) is 0 Å². The molecule has 0 aliphatic heterocycles. The smallest absolute Gasteiger partial charge is 0.0716 e. The standard InChI is InChI=1S/C16H20O/c1-4-7-15(5-2)13-17-11-10-16-9-6-8-14(3)12-16/h4-9,12H,1-2,10-11,13H2,3H3/b15-7+. The molecule has 0 unspecified atom stereocenters. The Morgan fingerprint density at radius 1 is 1.35 bits per heavy atom. The van der Waals surface area contributed by atoms with Crippen LogP contribution in [0.25, 0.3) is 0 Å². The van der Waals surface area contributed by atoms with Gasteiger partial charge in [0, 0.05) is 0 Å². The minimum atomic E-state index is 0.599. The predicted molar refractivity (Wildman–Crippen MR) is 74.2 cm³/mol. The second-order valence-electron chi connectivity index (χ2n) is 3.97. The lowest BCUT2D eigenvalue weighted by Gasteiger charge is -2.05. The van der Waals surface area contributed by atoms with Crippen molar-refractivity contribution in [1.82, 2.24) is 0 Å². The third-order valence-electron chi connectivity index (χ3n) is 2.48. The zero-order valence-electron chi connectivity index (χ0n) is 10.5. The first kappa shape index (κ1) is 13.5. The molecular weight excluding hydrogens is 208 g/mol. The molecule has 0 radical (unpaired) electrons. The van der Waals surface area contributed by atoms with Crippen molar-refractivity contribution in [2.45, 2.75) is 13.3 Å². The molecule has 0 saturated carbocycles. The lowest BCUT2D eigenvalue weighted by Crippen LogP contribution is -2.01. The molecule has 0 spiro atoms. The highest BCUT2D eigenvalue weighted by Crippen LogP contribution is 2.05. The summed E-state index contributed by atoms with van der Waals surface area (Å²) >= 11 is 0. The highest BCUT2D eigenvalue weighted by Gasteiger charge is 1.95. The minimum absolute atomic E-state index is 0.599. The van der Waals surface area contributed by atoms with E-state index in [1.165, 1.54) is 11.1 Å². The van der Waals surface area contributed by atoms with Gasteiger partial charge in [-0.05, 0) is 24.5 Å². The van der Waals surface area contributed by atoms with E-state index in [1.54, 1.807) is 12.2 Å². The molecule has 0 fully saturated rings. The van der Waals surface area contributed by atoms with E-state index in [1.807, 2.05) is 6.08 Å². The SMILES string of the molecule is C=C/C=C(\C=C)COCCc1cccc(C)c1. The summed E-state index contributed by atoms with van der Waals surface area (Å²) in [5, 5.41) is 0. The zero-order chi connectivity index (χ0) is 12.5. The Hall–Kier alpha value is -1.60. The van der Waals surface area contributed by atoms with Crippen molar-refractivity contribution in [3.05, 3.63) is 72.4 Å². The van der Waals surface area contributed by atoms with E-state index in [9.17, 15) is 0 Å². The zero-order valence-corrected chi connectivity index (χ0v) is 10.5. The van der Waals surface area contributed by atoms with Crippen LogP contribution in [0, 0.1) is 6.92 Å². The van der Waals surface area contributed by atoms with Crippen molar-refractivity contribution in [1.29, 1.82) is 0 Å². The molecule has 0 bridgehead atoms. The number of aryl methyl sites for hydroxylation is 1. The number of benzene rings is 1. The Morgan fingerprint density at radius 3 is 2.82 bits per heavy atom. The van der Waals surface area contributed by atoms with Crippen LogP contribution in [0.3, 0.4) is 0 Å². The fourth-order valence-electron chi connectivity index (χ4n) is 1.57. The highest BCUT2D eigenvalue weighted by molar-refractivity contribution is 5.23. The van der Waals surface area contributed by atoms with E-state index in [0.717, 1.165) is 18.6 Å². The minimum Gasteiger partial charge on any atom is -0.376 e. The van der Waals surface area contributed by atoms with Gasteiger partial charge < -0.3 is 4.74 Å². The Kier molecular flexibility index (Phi) is 6.05. The highest BCUT2D eigenvalue weighted by atomic mass is 16.5. The van der Waals surface area contributed by atoms with Gasteiger partial charge in [-0.1, -0.05) is 61.2 Å². The van der Waals surface area contributed by atoms with E-state index in [2.05, 4.69) is 44.3 Å². The average molecular weight is 228 g/mol. The molecule has 17 heavy (non-hydrogen) atoms. The Bertz CT molecular complexity index is 402. The summed E-state index contributed by atoms with van der Waals surface area (Å²) in [6.07, 6.45) is 6.41. The summed E-state index contributed by atoms with van der Waals surface area (Å²) in [5.41, 5.74) is 3.67. The lowest BCUT2D eigenvalue weighted by atomic mass is 10.1. The second-order valence-corrected chi connectivity index (χ2v) is 3.97. The van der Waals surface area contributed by atoms with Crippen LogP contribution in [0.1, 0.15) is 11.1 Å². The van der Waals surface area contributed by atoms with Gasteiger partial charge in [0.2, 0.25) is 0 Å². The quantitative estimate of drug-likeness (QED) is 0.509. The molecular formula is C16H20O. The van der Waals surface area contributed by atoms with Gasteiger partial charge in [-0.15, -0.1) is 0 Å². The van der Waals surface area contributed by atoms with Crippen molar-refractivity contribution >= 4 is 0 Å². The van der Waals surface area contributed by atoms with Gasteiger partial charge in [0.1, 0.15) is 0 Å². The number of rotatable bonds is 7. The predicted octanol–water partition coefficient (Wildman–Crippen LogP) is 3.85. The van der Waals surface area contributed by atoms with E-state index in [4.69, 9.17) is 4.74 Å². The van der Waals surface area contributed by atoms with Crippen LogP contribution >= 0.6 is 0 Å². The maximum Gasteiger partial charge on any atom is 0.0716 e. The third kappa shape index (κ3) is 5.32. The van der Waals surface area contributed by atoms with E-state index in [-0.39, 0.29) is 0 Å². The molecule has 1 rings (SSSR count). The lowest BCUT2D eigenvalue weighted by molar-refractivity contribution is 0.161. The van der Waals surface area contributed by atoms with E-state index >= 15 is 0 Å². The summed E-state index contributed by atoms with van der Waals surface area (Å²) in [4.78, 5) is 0. The molecule has 0 aliphatic carbocycles. The van der Waals surface area contributed by atoms with Crippen molar-refractivity contribution in [3.8, 4) is 0 Å². The monoisotopic (exact) mass is 228 g/mol. The molecule has 1 heteroatoms. The van der Waals surface area contributed by atoms with Crippen molar-refractivity contribution in [3.63, 3.8) is 0 Å². The third-order valence-corrected chi connectivity index (χ3v) is 2.48. The maximum atomic E-state index is 5.60. The van der Waals surface area contributed by atoms with Gasteiger partial charge in [-0.25, -0.2) is 0 Å². The number of hydrogen-bond acceptors (Lipinski definition) is 1. The largest absolute Gasteiger partial charge is 0.376 e. The molecule has 0 amide bonds. The van der Waals surface area contributed by atoms with Gasteiger partial charge >= 0.3 is 0 Å². The molecule has 0 aromatic heterocycles. The number of allylic oxidation sites excluding steroid dienone is 2. The number of hydrogen-bond donors (Lipinski definition) is 0. The van der Waals surface area contributed by atoms with Crippen LogP contribution in [0.5, 0.6) is 0 Å². The van der Waals surface area contributed by atoms with Crippen molar-refractivity contribution in [2.75, 3.05) is 13.2 Å². The van der Waals surface area contributed by atoms with Gasteiger partial charge in [-0.2, -0.15) is 0 Å². The number of ether oxygens (including phenoxy) is 1. The molecule has 0 N–H and O–H groups in total. The van der Waals surface area contributed by atoms with Crippen LogP contribution in [0.15, 0.2) is 61.2 Å². The first-order chi connectivity index (χ1) is 8.26. The summed E-state index contributed by atoms with van der Waals surface area (Å²) in [6.45, 7) is 10.8. The molecule has 1 aromatic carbocycles. The van der Waals surface area contributed by atoms with Crippen LogP contribution in [0.2, 0.25) is 0 Å². The molecule has 0 aliphatic rings. The first-order valence-electron chi connectivity index (χ1n) is 5.83. The fraction of sp³-hybridized carbons (Fsp3) is 0.250. The van der Waals surface area contributed by atoms with Crippen LogP contribution in [0.4, 0.5) is 0 Å². The van der Waals surface area contributed by atoms with Crippen molar-refractivity contribution < 1.29 is 4.74 Å². The van der Waals surface area contributed by atoms with Gasteiger partial charge in [-0.3, -0.25) is 0 Å². The first-order valence-corrected chi connectivity index (χ1v) is 5.83. The Morgan fingerprint density at radius 2 is 2.18 bits per heavy atom. The Balaban J connectivity index is 2.31. The van der Waals surface area contributed by atoms with Crippen LogP contribution < -0.4 is 0 Å². The second kappa shape index (κ2) is 7.64. The molecule has 1 nitrogen and oxygen atoms in total. The molecule has 0 heterocycles. The normalized spacial score (nSPS) is 11.2. The summed E-state index contributed by atoms with van der Waals surface area (Å²) in [6, 6.07) is 8.51. The Labute approximate surface area is 104 Å². The molecule has 1 aromatic rings. The fourth-order valence-corrected chi connectivity index (χ4v) is 1.57. The van der Waals surface area contributed by atoms with E-state index < -0.39 is 0 Å². The van der Waals surface area contributed by atoms with Crippen molar-refractivity contribution in [2.24, 2.45) is 0 Å². The summed E-state index contributed by atoms with van der Waals surface area (Å²) in [5.74, 6) is 0. The summed E-state index contributed by atoms with van der Waals surface area (Å²) in [7, 11) is 0. The molecule has 90 valence electrons.